The van der Waals surface area contributed by atoms with E-state index in [0.29, 0.717) is 5.69 Å². The lowest BCUT2D eigenvalue weighted by Crippen LogP contribution is -2.33. The number of amides is 1. The first kappa shape index (κ1) is 22.5. The number of ether oxygens (including phenoxy) is 1. The zero-order valence-electron chi connectivity index (χ0n) is 16.8. The number of carbonyl (C=O) groups excluding carboxylic acids is 2. The van der Waals surface area contributed by atoms with Gasteiger partial charge in [-0.2, -0.15) is 0 Å². The summed E-state index contributed by atoms with van der Waals surface area (Å²) in [5.41, 5.74) is 0.424. The third-order valence-corrected chi connectivity index (χ3v) is 4.97. The fourth-order valence-electron chi connectivity index (χ4n) is 2.98. The summed E-state index contributed by atoms with van der Waals surface area (Å²) >= 11 is 5.86. The van der Waals surface area contributed by atoms with Gasteiger partial charge in [0, 0.05) is 29.9 Å². The van der Waals surface area contributed by atoms with Gasteiger partial charge in [-0.05, 0) is 50.1 Å². The van der Waals surface area contributed by atoms with Gasteiger partial charge in [0.15, 0.2) is 0 Å². The van der Waals surface area contributed by atoms with Crippen molar-refractivity contribution in [2.24, 2.45) is 0 Å². The minimum atomic E-state index is -0.658. The lowest BCUT2D eigenvalue weighted by molar-refractivity contribution is -0.384. The van der Waals surface area contributed by atoms with Gasteiger partial charge in [-0.1, -0.05) is 11.6 Å². The van der Waals surface area contributed by atoms with Crippen LogP contribution >= 0.6 is 11.6 Å². The van der Waals surface area contributed by atoms with Gasteiger partial charge in [0.05, 0.1) is 23.0 Å². The van der Waals surface area contributed by atoms with Gasteiger partial charge < -0.3 is 15.0 Å². The summed E-state index contributed by atoms with van der Waals surface area (Å²) in [5.74, 6) is -1.76. The SMILES string of the molecule is CCOC(=O)CCN(C(=O)c1ccc(NC2CC2)c([N+](=O)[O-])c1)c1ccc(F)c(Cl)c1. The van der Waals surface area contributed by atoms with Crippen molar-refractivity contribution in [3.63, 3.8) is 0 Å². The molecule has 0 spiro atoms. The second-order valence-electron chi connectivity index (χ2n) is 7.02. The first-order valence-corrected chi connectivity index (χ1v) is 10.2. The smallest absolute Gasteiger partial charge is 0.307 e. The maximum atomic E-state index is 13.6. The van der Waals surface area contributed by atoms with Crippen LogP contribution in [0.1, 0.15) is 36.5 Å². The quantitative estimate of drug-likeness (QED) is 0.342. The van der Waals surface area contributed by atoms with Crippen LogP contribution in [0.15, 0.2) is 36.4 Å². The van der Waals surface area contributed by atoms with E-state index < -0.39 is 22.6 Å². The van der Waals surface area contributed by atoms with E-state index in [-0.39, 0.29) is 47.6 Å². The zero-order chi connectivity index (χ0) is 22.5. The second kappa shape index (κ2) is 9.74. The summed E-state index contributed by atoms with van der Waals surface area (Å²) in [6.07, 6.45) is 1.76. The Morgan fingerprint density at radius 1 is 1.29 bits per heavy atom. The second-order valence-corrected chi connectivity index (χ2v) is 7.43. The summed E-state index contributed by atoms with van der Waals surface area (Å²) in [7, 11) is 0. The lowest BCUT2D eigenvalue weighted by Gasteiger charge is -2.23. The number of rotatable bonds is 9. The maximum Gasteiger partial charge on any atom is 0.307 e. The molecule has 0 heterocycles. The Morgan fingerprint density at radius 2 is 2.03 bits per heavy atom. The third-order valence-electron chi connectivity index (χ3n) is 4.68. The molecule has 0 aromatic heterocycles. The van der Waals surface area contributed by atoms with Crippen LogP contribution in [0.25, 0.3) is 0 Å². The highest BCUT2D eigenvalue weighted by Gasteiger charge is 2.27. The molecule has 31 heavy (non-hydrogen) atoms. The zero-order valence-corrected chi connectivity index (χ0v) is 17.5. The van der Waals surface area contributed by atoms with E-state index in [0.717, 1.165) is 18.9 Å². The summed E-state index contributed by atoms with van der Waals surface area (Å²) in [6, 6.07) is 8.07. The average Bonchev–Trinajstić information content (AvgIpc) is 3.55. The molecule has 0 bridgehead atoms. The first-order chi connectivity index (χ1) is 14.8. The van der Waals surface area contributed by atoms with Crippen LogP contribution in [0, 0.1) is 15.9 Å². The van der Waals surface area contributed by atoms with Crippen LogP contribution in [-0.4, -0.2) is 36.0 Å². The van der Waals surface area contributed by atoms with E-state index >= 15 is 0 Å². The predicted octanol–water partition coefficient (Wildman–Crippen LogP) is 4.56. The van der Waals surface area contributed by atoms with Crippen molar-refractivity contribution in [3.8, 4) is 0 Å². The van der Waals surface area contributed by atoms with Crippen molar-refractivity contribution in [3.05, 3.63) is 62.9 Å². The number of esters is 1. The van der Waals surface area contributed by atoms with Gasteiger partial charge in [0.25, 0.3) is 11.6 Å². The normalized spacial score (nSPS) is 12.9. The average molecular weight is 450 g/mol. The molecule has 2 aromatic carbocycles. The number of nitro benzene ring substituents is 1. The summed E-state index contributed by atoms with van der Waals surface area (Å²) in [6.45, 7) is 1.78. The molecule has 164 valence electrons. The molecule has 0 unspecified atom stereocenters. The highest BCUT2D eigenvalue weighted by Crippen LogP contribution is 2.32. The topological polar surface area (TPSA) is 102 Å². The van der Waals surface area contributed by atoms with Crippen molar-refractivity contribution in [1.29, 1.82) is 0 Å². The molecule has 1 aliphatic carbocycles. The Hall–Kier alpha value is -3.20. The molecular formula is C21H21ClFN3O5. The first-order valence-electron chi connectivity index (χ1n) is 9.77. The van der Waals surface area contributed by atoms with Crippen molar-refractivity contribution in [2.75, 3.05) is 23.4 Å². The van der Waals surface area contributed by atoms with Gasteiger partial charge in [-0.15, -0.1) is 0 Å². The Balaban J connectivity index is 1.92. The van der Waals surface area contributed by atoms with Gasteiger partial charge in [-0.25, -0.2) is 4.39 Å². The molecular weight excluding hydrogens is 429 g/mol. The molecule has 1 saturated carbocycles. The van der Waals surface area contributed by atoms with E-state index in [1.807, 2.05) is 0 Å². The summed E-state index contributed by atoms with van der Waals surface area (Å²) < 4.78 is 18.5. The molecule has 8 nitrogen and oxygen atoms in total. The number of halogens is 2. The molecule has 1 N–H and O–H groups in total. The fraction of sp³-hybridized carbons (Fsp3) is 0.333. The molecule has 0 radical (unpaired) electrons. The number of hydrogen-bond acceptors (Lipinski definition) is 6. The molecule has 1 amide bonds. The van der Waals surface area contributed by atoms with Crippen LogP contribution < -0.4 is 10.2 Å². The largest absolute Gasteiger partial charge is 0.466 e. The van der Waals surface area contributed by atoms with Crippen molar-refractivity contribution in [2.45, 2.75) is 32.2 Å². The fourth-order valence-corrected chi connectivity index (χ4v) is 3.15. The molecule has 3 rings (SSSR count). The predicted molar refractivity (Wildman–Crippen MR) is 114 cm³/mol. The van der Waals surface area contributed by atoms with Crippen LogP contribution in [0.5, 0.6) is 0 Å². The number of nitrogens with zero attached hydrogens (tertiary/aromatic N) is 2. The Kier molecular flexibility index (Phi) is 7.06. The molecule has 0 atom stereocenters. The van der Waals surface area contributed by atoms with E-state index in [1.54, 1.807) is 6.92 Å². The third kappa shape index (κ3) is 5.69. The number of nitrogens with one attached hydrogen (secondary N) is 1. The Bertz CT molecular complexity index is 1010. The number of hydrogen-bond donors (Lipinski definition) is 1. The molecule has 1 fully saturated rings. The highest BCUT2D eigenvalue weighted by atomic mass is 35.5. The number of nitro groups is 1. The molecule has 1 aliphatic rings. The van der Waals surface area contributed by atoms with Crippen molar-refractivity contribution < 1.29 is 23.6 Å². The minimum Gasteiger partial charge on any atom is -0.466 e. The van der Waals surface area contributed by atoms with E-state index in [1.165, 1.54) is 35.2 Å². The maximum absolute atomic E-state index is 13.6. The number of anilines is 2. The van der Waals surface area contributed by atoms with Crippen molar-refractivity contribution in [1.82, 2.24) is 0 Å². The van der Waals surface area contributed by atoms with Gasteiger partial charge in [0.1, 0.15) is 11.5 Å². The lowest BCUT2D eigenvalue weighted by atomic mass is 10.1. The van der Waals surface area contributed by atoms with Crippen LogP contribution in [0.2, 0.25) is 5.02 Å². The summed E-state index contributed by atoms with van der Waals surface area (Å²) in [4.78, 5) is 37.2. The van der Waals surface area contributed by atoms with Gasteiger partial charge >= 0.3 is 5.97 Å². The standard InChI is InChI=1S/C21H21ClFN3O5/c1-2-31-20(27)9-10-25(15-6-7-17(23)16(22)12-15)21(28)13-3-8-18(24-14-4-5-14)19(11-13)26(29)30/h3,6-8,11-12,14,24H,2,4-5,9-10H2,1H3. The molecule has 2 aromatic rings. The number of carbonyl (C=O) groups is 2. The van der Waals surface area contributed by atoms with Crippen LogP contribution in [0.3, 0.4) is 0 Å². The molecule has 10 heteroatoms. The van der Waals surface area contributed by atoms with Gasteiger partial charge in [0.2, 0.25) is 0 Å². The van der Waals surface area contributed by atoms with Crippen LogP contribution in [0.4, 0.5) is 21.5 Å². The van der Waals surface area contributed by atoms with E-state index in [2.05, 4.69) is 5.32 Å². The molecule has 0 aliphatic heterocycles. The molecule has 0 saturated heterocycles. The highest BCUT2D eigenvalue weighted by molar-refractivity contribution is 6.31. The Morgan fingerprint density at radius 3 is 2.65 bits per heavy atom. The van der Waals surface area contributed by atoms with E-state index in [4.69, 9.17) is 16.3 Å². The van der Waals surface area contributed by atoms with Crippen molar-refractivity contribution >= 4 is 40.5 Å². The Labute approximate surface area is 183 Å². The minimum absolute atomic E-state index is 0.0531. The van der Waals surface area contributed by atoms with E-state index in [9.17, 15) is 24.1 Å². The number of benzene rings is 2. The van der Waals surface area contributed by atoms with Gasteiger partial charge in [-0.3, -0.25) is 19.7 Å². The monoisotopic (exact) mass is 449 g/mol. The summed E-state index contributed by atoms with van der Waals surface area (Å²) in [5, 5.41) is 14.4. The van der Waals surface area contributed by atoms with Crippen LogP contribution in [-0.2, 0) is 9.53 Å².